The predicted octanol–water partition coefficient (Wildman–Crippen LogP) is -0.423. The van der Waals surface area contributed by atoms with Crippen LogP contribution in [0.4, 0.5) is 10.6 Å². The molecule has 4 atom stereocenters. The molecule has 140 valence electrons. The number of hydrogen-bond donors (Lipinski definition) is 3. The highest BCUT2D eigenvalue weighted by Crippen LogP contribution is 2.32. The lowest BCUT2D eigenvalue weighted by Gasteiger charge is -2.16. The smallest absolute Gasteiger partial charge is 0.430 e. The van der Waals surface area contributed by atoms with Crippen LogP contribution in [0.25, 0.3) is 11.2 Å². The molecule has 2 aromatic heterocycles. The molecule has 1 fully saturated rings. The molecule has 12 heteroatoms. The summed E-state index contributed by atoms with van der Waals surface area (Å²) in [5.41, 5.74) is 6.93. The Morgan fingerprint density at radius 2 is 2.12 bits per heavy atom. The lowest BCUT2D eigenvalue weighted by atomic mass is 10.1. The van der Waals surface area contributed by atoms with Crippen molar-refractivity contribution in [3.63, 3.8) is 0 Å². The maximum Gasteiger partial charge on any atom is 0.535 e. The second-order valence-corrected chi connectivity index (χ2v) is 5.82. The second kappa shape index (κ2) is 7.19. The van der Waals surface area contributed by atoms with Crippen molar-refractivity contribution in [2.45, 2.75) is 38.4 Å². The third-order valence-electron chi connectivity index (χ3n) is 3.67. The van der Waals surface area contributed by atoms with Crippen LogP contribution in [-0.2, 0) is 14.3 Å². The summed E-state index contributed by atoms with van der Waals surface area (Å²) in [6, 6.07) is 0. The third-order valence-corrected chi connectivity index (χ3v) is 3.67. The van der Waals surface area contributed by atoms with E-state index >= 15 is 0 Å². The van der Waals surface area contributed by atoms with Crippen LogP contribution in [0.5, 0.6) is 0 Å². The van der Waals surface area contributed by atoms with Gasteiger partial charge in [-0.25, -0.2) is 19.7 Å². The number of aromatic nitrogens is 4. The minimum Gasteiger partial charge on any atom is -0.430 e. The predicted molar refractivity (Wildman–Crippen MR) is 86.9 cm³/mol. The van der Waals surface area contributed by atoms with E-state index in [1.165, 1.54) is 17.2 Å². The van der Waals surface area contributed by atoms with Crippen LogP contribution in [0.3, 0.4) is 0 Å². The van der Waals surface area contributed by atoms with Crippen LogP contribution < -0.4 is 5.73 Å². The SMILES string of the molecule is CC(C)=NOC(=O)OC[C@H]1O[C@@H](n2cnc3c(N)ncnc32)[C@H](O)[C@@H]1O. The molecular formula is C14H18N6O6. The van der Waals surface area contributed by atoms with Gasteiger partial charge in [0.1, 0.15) is 36.8 Å². The summed E-state index contributed by atoms with van der Waals surface area (Å²) in [5, 5.41) is 23.9. The number of nitrogen functional groups attached to an aromatic ring is 1. The molecule has 0 bridgehead atoms. The average molecular weight is 366 g/mol. The minimum absolute atomic E-state index is 0.177. The molecule has 2 aromatic rings. The topological polar surface area (TPSA) is 167 Å². The number of ether oxygens (including phenoxy) is 2. The van der Waals surface area contributed by atoms with Gasteiger partial charge in [0, 0.05) is 0 Å². The zero-order chi connectivity index (χ0) is 18.8. The van der Waals surface area contributed by atoms with Gasteiger partial charge in [0.2, 0.25) is 0 Å². The lowest BCUT2D eigenvalue weighted by Crippen LogP contribution is -2.34. The first-order valence-corrected chi connectivity index (χ1v) is 7.68. The van der Waals surface area contributed by atoms with Crippen LogP contribution in [0.15, 0.2) is 17.8 Å². The van der Waals surface area contributed by atoms with E-state index in [0.717, 1.165) is 0 Å². The first-order valence-electron chi connectivity index (χ1n) is 7.68. The number of oxime groups is 1. The Labute approximate surface area is 147 Å². The summed E-state index contributed by atoms with van der Waals surface area (Å²) < 4.78 is 11.9. The van der Waals surface area contributed by atoms with Gasteiger partial charge in [-0.1, -0.05) is 5.16 Å². The minimum atomic E-state index is -1.30. The summed E-state index contributed by atoms with van der Waals surface area (Å²) in [6.07, 6.45) is -3.01. The van der Waals surface area contributed by atoms with Crippen molar-refractivity contribution in [2.75, 3.05) is 12.3 Å². The first kappa shape index (κ1) is 18.0. The molecule has 0 spiro atoms. The number of fused-ring (bicyclic) bond motifs is 1. The van der Waals surface area contributed by atoms with Gasteiger partial charge in [0.25, 0.3) is 0 Å². The van der Waals surface area contributed by atoms with E-state index in [1.807, 2.05) is 0 Å². The number of aliphatic hydroxyl groups excluding tert-OH is 2. The van der Waals surface area contributed by atoms with Crippen molar-refractivity contribution in [1.29, 1.82) is 0 Å². The van der Waals surface area contributed by atoms with Crippen LogP contribution in [-0.4, -0.2) is 66.5 Å². The molecule has 0 unspecified atom stereocenters. The Hall–Kier alpha value is -2.83. The number of nitrogens with two attached hydrogens (primary N) is 1. The Balaban J connectivity index is 1.70. The first-order chi connectivity index (χ1) is 12.4. The zero-order valence-electron chi connectivity index (χ0n) is 14.0. The van der Waals surface area contributed by atoms with Crippen molar-refractivity contribution < 1.29 is 29.3 Å². The van der Waals surface area contributed by atoms with Crippen molar-refractivity contribution in [1.82, 2.24) is 19.5 Å². The highest BCUT2D eigenvalue weighted by atomic mass is 16.8. The quantitative estimate of drug-likeness (QED) is 0.280. The number of aliphatic hydroxyl groups is 2. The van der Waals surface area contributed by atoms with Gasteiger partial charge in [0.15, 0.2) is 17.7 Å². The van der Waals surface area contributed by atoms with Crippen molar-refractivity contribution >= 4 is 28.8 Å². The summed E-state index contributed by atoms with van der Waals surface area (Å²) in [7, 11) is 0. The van der Waals surface area contributed by atoms with Crippen LogP contribution in [0, 0.1) is 0 Å². The van der Waals surface area contributed by atoms with E-state index in [4.69, 9.17) is 15.2 Å². The Morgan fingerprint density at radius 1 is 1.35 bits per heavy atom. The van der Waals surface area contributed by atoms with E-state index in [0.29, 0.717) is 16.9 Å². The zero-order valence-corrected chi connectivity index (χ0v) is 14.0. The number of rotatable bonds is 4. The van der Waals surface area contributed by atoms with Crippen LogP contribution >= 0.6 is 0 Å². The van der Waals surface area contributed by atoms with Crippen molar-refractivity contribution in [2.24, 2.45) is 5.16 Å². The van der Waals surface area contributed by atoms with Gasteiger partial charge >= 0.3 is 6.16 Å². The number of carbonyl (C=O) groups excluding carboxylic acids is 1. The highest BCUT2D eigenvalue weighted by Gasteiger charge is 2.45. The van der Waals surface area contributed by atoms with E-state index in [9.17, 15) is 15.0 Å². The van der Waals surface area contributed by atoms with E-state index in [2.05, 4.69) is 24.9 Å². The lowest BCUT2D eigenvalue weighted by molar-refractivity contribution is -0.0610. The van der Waals surface area contributed by atoms with Gasteiger partial charge in [-0.2, -0.15) is 0 Å². The largest absolute Gasteiger partial charge is 0.535 e. The number of hydrogen-bond acceptors (Lipinski definition) is 11. The molecule has 1 saturated heterocycles. The third kappa shape index (κ3) is 3.42. The monoisotopic (exact) mass is 366 g/mol. The Morgan fingerprint density at radius 3 is 2.85 bits per heavy atom. The molecule has 1 aliphatic heterocycles. The fourth-order valence-corrected chi connectivity index (χ4v) is 2.46. The fraction of sp³-hybridized carbons (Fsp3) is 0.500. The average Bonchev–Trinajstić information content (AvgIpc) is 3.15. The Bertz CT molecular complexity index is 834. The number of carbonyl (C=O) groups is 1. The molecule has 3 heterocycles. The highest BCUT2D eigenvalue weighted by molar-refractivity contribution is 5.81. The van der Waals surface area contributed by atoms with Gasteiger partial charge in [0.05, 0.1) is 12.0 Å². The maximum atomic E-state index is 11.4. The summed E-state index contributed by atoms with van der Waals surface area (Å²) >= 11 is 0. The summed E-state index contributed by atoms with van der Waals surface area (Å²) in [4.78, 5) is 27.9. The Kier molecular flexibility index (Phi) is 4.97. The van der Waals surface area contributed by atoms with Gasteiger partial charge in [-0.15, -0.1) is 0 Å². The van der Waals surface area contributed by atoms with Crippen LogP contribution in [0.2, 0.25) is 0 Å². The van der Waals surface area contributed by atoms with E-state index in [-0.39, 0.29) is 12.4 Å². The summed E-state index contributed by atoms with van der Waals surface area (Å²) in [5.74, 6) is 0.177. The van der Waals surface area contributed by atoms with Gasteiger partial charge < -0.3 is 25.4 Å². The molecule has 1 aliphatic rings. The number of nitrogens with zero attached hydrogens (tertiary/aromatic N) is 5. The molecule has 26 heavy (non-hydrogen) atoms. The molecule has 4 N–H and O–H groups in total. The molecular weight excluding hydrogens is 348 g/mol. The van der Waals surface area contributed by atoms with Crippen LogP contribution in [0.1, 0.15) is 20.1 Å². The van der Waals surface area contributed by atoms with Crippen molar-refractivity contribution in [3.8, 4) is 0 Å². The molecule has 12 nitrogen and oxygen atoms in total. The van der Waals surface area contributed by atoms with E-state index < -0.39 is 30.7 Å². The van der Waals surface area contributed by atoms with Gasteiger partial charge in [-0.05, 0) is 13.8 Å². The normalized spacial score (nSPS) is 25.2. The summed E-state index contributed by atoms with van der Waals surface area (Å²) in [6.45, 7) is 2.95. The van der Waals surface area contributed by atoms with Gasteiger partial charge in [-0.3, -0.25) is 9.40 Å². The molecule has 3 rings (SSSR count). The second-order valence-electron chi connectivity index (χ2n) is 5.82. The standard InChI is InChI=1S/C14H18N6O6/c1-6(2)19-26-14(23)24-3-7-9(21)10(22)13(25-7)20-5-18-8-11(15)16-4-17-12(8)20/h4-5,7,9-10,13,21-22H,3H2,1-2H3,(H2,15,16,17)/t7-,9-,10-,13-/m1/s1. The molecule has 0 radical (unpaired) electrons. The number of imidazole rings is 1. The fourth-order valence-electron chi connectivity index (χ4n) is 2.46. The van der Waals surface area contributed by atoms with E-state index in [1.54, 1.807) is 13.8 Å². The van der Waals surface area contributed by atoms with Crippen molar-refractivity contribution in [3.05, 3.63) is 12.7 Å². The molecule has 0 saturated carbocycles. The maximum absolute atomic E-state index is 11.4. The molecule has 0 aliphatic carbocycles. The molecule has 0 aromatic carbocycles. The molecule has 0 amide bonds. The number of anilines is 1.